The number of aromatic hydroxyl groups is 1. The van der Waals surface area contributed by atoms with Gasteiger partial charge in [0.25, 0.3) is 5.91 Å². The Morgan fingerprint density at radius 3 is 2.50 bits per heavy atom. The summed E-state index contributed by atoms with van der Waals surface area (Å²) in [6.45, 7) is 0. The molecule has 2 N–H and O–H groups in total. The minimum absolute atomic E-state index is 0.117. The molecule has 0 bridgehead atoms. The Bertz CT molecular complexity index is 550. The second kappa shape index (κ2) is 5.58. The van der Waals surface area contributed by atoms with Gasteiger partial charge in [0, 0.05) is 18.0 Å². The van der Waals surface area contributed by atoms with Crippen LogP contribution < -0.4 is 5.43 Å². The first-order valence-electron chi connectivity index (χ1n) is 5.28. The summed E-state index contributed by atoms with van der Waals surface area (Å²) in [6, 6.07) is 9.48. The maximum absolute atomic E-state index is 11.6. The summed E-state index contributed by atoms with van der Waals surface area (Å²) in [7, 11) is 0. The van der Waals surface area contributed by atoms with Crippen LogP contribution in [0.5, 0.6) is 5.75 Å². The minimum atomic E-state index is -0.333. The molecule has 0 saturated heterocycles. The molecule has 18 heavy (non-hydrogen) atoms. The van der Waals surface area contributed by atoms with Crippen molar-refractivity contribution in [3.05, 3.63) is 59.9 Å². The summed E-state index contributed by atoms with van der Waals surface area (Å²) < 4.78 is 0. The molecule has 0 radical (unpaired) electrons. The van der Waals surface area contributed by atoms with Crippen molar-refractivity contribution < 1.29 is 9.90 Å². The zero-order valence-electron chi connectivity index (χ0n) is 9.45. The lowest BCUT2D eigenvalue weighted by Gasteiger charge is -1.99. The molecule has 5 nitrogen and oxygen atoms in total. The second-order valence-electron chi connectivity index (χ2n) is 3.53. The number of phenolic OH excluding ortho intramolecular Hbond substituents is 1. The van der Waals surface area contributed by atoms with Crippen LogP contribution in [-0.4, -0.2) is 22.2 Å². The predicted molar refractivity (Wildman–Crippen MR) is 67.4 cm³/mol. The van der Waals surface area contributed by atoms with Crippen LogP contribution >= 0.6 is 0 Å². The number of carbonyl (C=O) groups is 1. The zero-order valence-corrected chi connectivity index (χ0v) is 9.45. The number of hydrazone groups is 1. The third-order valence-electron chi connectivity index (χ3n) is 2.22. The van der Waals surface area contributed by atoms with Crippen molar-refractivity contribution in [2.45, 2.75) is 0 Å². The average Bonchev–Trinajstić information content (AvgIpc) is 2.40. The monoisotopic (exact) mass is 241 g/mol. The Morgan fingerprint density at radius 1 is 1.17 bits per heavy atom. The maximum Gasteiger partial charge on any atom is 0.271 e. The highest BCUT2D eigenvalue weighted by atomic mass is 16.3. The van der Waals surface area contributed by atoms with Crippen molar-refractivity contribution in [3.8, 4) is 5.75 Å². The van der Waals surface area contributed by atoms with Crippen LogP contribution in [0.15, 0.2) is 53.9 Å². The van der Waals surface area contributed by atoms with E-state index in [0.717, 1.165) is 5.56 Å². The van der Waals surface area contributed by atoms with Crippen molar-refractivity contribution in [2.75, 3.05) is 0 Å². The van der Waals surface area contributed by atoms with E-state index in [-0.39, 0.29) is 11.7 Å². The van der Waals surface area contributed by atoms with Gasteiger partial charge >= 0.3 is 0 Å². The predicted octanol–water partition coefficient (Wildman–Crippen LogP) is 1.55. The van der Waals surface area contributed by atoms with Crippen LogP contribution in [0.4, 0.5) is 0 Å². The molecule has 0 fully saturated rings. The smallest absolute Gasteiger partial charge is 0.271 e. The van der Waals surface area contributed by atoms with E-state index in [1.165, 1.54) is 30.5 Å². The number of rotatable bonds is 3. The largest absolute Gasteiger partial charge is 0.508 e. The topological polar surface area (TPSA) is 74.6 Å². The first-order valence-corrected chi connectivity index (χ1v) is 5.28. The van der Waals surface area contributed by atoms with Crippen LogP contribution in [0.2, 0.25) is 0 Å². The molecule has 0 aliphatic rings. The average molecular weight is 241 g/mol. The fraction of sp³-hybridized carbons (Fsp3) is 0. The highest BCUT2D eigenvalue weighted by Crippen LogP contribution is 2.09. The number of pyridine rings is 1. The number of aromatic nitrogens is 1. The third-order valence-corrected chi connectivity index (χ3v) is 2.22. The third kappa shape index (κ3) is 3.15. The molecule has 0 atom stereocenters. The molecule has 0 spiro atoms. The van der Waals surface area contributed by atoms with Gasteiger partial charge in [-0.15, -0.1) is 0 Å². The van der Waals surface area contributed by atoms with E-state index in [1.54, 1.807) is 24.5 Å². The highest BCUT2D eigenvalue weighted by molar-refractivity contribution is 5.94. The Labute approximate surface area is 104 Å². The molecule has 1 heterocycles. The van der Waals surface area contributed by atoms with Gasteiger partial charge < -0.3 is 5.11 Å². The van der Waals surface area contributed by atoms with E-state index in [2.05, 4.69) is 15.5 Å². The SMILES string of the molecule is O=C(NN=Cc1ccncc1)c1ccc(O)cc1. The lowest BCUT2D eigenvalue weighted by atomic mass is 10.2. The molecule has 1 aromatic carbocycles. The van der Waals surface area contributed by atoms with Crippen molar-refractivity contribution in [1.29, 1.82) is 0 Å². The molecule has 2 aromatic rings. The fourth-order valence-electron chi connectivity index (χ4n) is 1.29. The summed E-state index contributed by atoms with van der Waals surface area (Å²) in [5.41, 5.74) is 3.67. The molecule has 0 unspecified atom stereocenters. The van der Waals surface area contributed by atoms with E-state index in [9.17, 15) is 4.79 Å². The van der Waals surface area contributed by atoms with E-state index < -0.39 is 0 Å². The number of nitrogens with one attached hydrogen (secondary N) is 1. The number of nitrogens with zero attached hydrogens (tertiary/aromatic N) is 2. The molecular weight excluding hydrogens is 230 g/mol. The summed E-state index contributed by atoms with van der Waals surface area (Å²) in [4.78, 5) is 15.5. The molecule has 0 aliphatic heterocycles. The van der Waals surface area contributed by atoms with Gasteiger partial charge in [0.2, 0.25) is 0 Å². The molecule has 90 valence electrons. The number of hydrogen-bond donors (Lipinski definition) is 2. The van der Waals surface area contributed by atoms with Gasteiger partial charge in [-0.25, -0.2) is 5.43 Å². The van der Waals surface area contributed by atoms with Gasteiger partial charge in [0.15, 0.2) is 0 Å². The number of hydrogen-bond acceptors (Lipinski definition) is 4. The highest BCUT2D eigenvalue weighted by Gasteiger charge is 2.02. The lowest BCUT2D eigenvalue weighted by Crippen LogP contribution is -2.17. The van der Waals surface area contributed by atoms with Crippen LogP contribution in [0.3, 0.4) is 0 Å². The van der Waals surface area contributed by atoms with Gasteiger partial charge in [-0.1, -0.05) is 0 Å². The van der Waals surface area contributed by atoms with Crippen molar-refractivity contribution >= 4 is 12.1 Å². The van der Waals surface area contributed by atoms with Gasteiger partial charge in [-0.2, -0.15) is 5.10 Å². The van der Waals surface area contributed by atoms with Crippen molar-refractivity contribution in [2.24, 2.45) is 5.10 Å². The van der Waals surface area contributed by atoms with Gasteiger partial charge in [-0.3, -0.25) is 9.78 Å². The summed E-state index contributed by atoms with van der Waals surface area (Å²) in [5.74, 6) is -0.216. The Morgan fingerprint density at radius 2 is 1.83 bits per heavy atom. The quantitative estimate of drug-likeness (QED) is 0.632. The maximum atomic E-state index is 11.6. The van der Waals surface area contributed by atoms with E-state index >= 15 is 0 Å². The van der Waals surface area contributed by atoms with Crippen LogP contribution in [-0.2, 0) is 0 Å². The first-order chi connectivity index (χ1) is 8.75. The van der Waals surface area contributed by atoms with Gasteiger partial charge in [0.05, 0.1) is 6.21 Å². The minimum Gasteiger partial charge on any atom is -0.508 e. The zero-order chi connectivity index (χ0) is 12.8. The van der Waals surface area contributed by atoms with Gasteiger partial charge in [0.1, 0.15) is 5.75 Å². The molecule has 0 saturated carbocycles. The Hall–Kier alpha value is -2.69. The Balaban J connectivity index is 1.96. The van der Waals surface area contributed by atoms with Crippen LogP contribution in [0.1, 0.15) is 15.9 Å². The number of phenols is 1. The summed E-state index contributed by atoms with van der Waals surface area (Å²) in [5, 5.41) is 12.9. The number of carbonyl (C=O) groups excluding carboxylic acids is 1. The first kappa shape index (κ1) is 11.8. The van der Waals surface area contributed by atoms with Crippen LogP contribution in [0.25, 0.3) is 0 Å². The number of amides is 1. The molecule has 1 amide bonds. The Kier molecular flexibility index (Phi) is 3.66. The van der Waals surface area contributed by atoms with E-state index in [0.29, 0.717) is 5.56 Å². The fourth-order valence-corrected chi connectivity index (χ4v) is 1.29. The van der Waals surface area contributed by atoms with Crippen molar-refractivity contribution in [3.63, 3.8) is 0 Å². The van der Waals surface area contributed by atoms with Crippen molar-refractivity contribution in [1.82, 2.24) is 10.4 Å². The van der Waals surface area contributed by atoms with E-state index in [1.807, 2.05) is 0 Å². The summed E-state index contributed by atoms with van der Waals surface area (Å²) >= 11 is 0. The normalized spacial score (nSPS) is 10.4. The molecule has 2 rings (SSSR count). The molecule has 1 aromatic heterocycles. The second-order valence-corrected chi connectivity index (χ2v) is 3.53. The summed E-state index contributed by atoms with van der Waals surface area (Å²) in [6.07, 6.45) is 4.81. The molecule has 0 aliphatic carbocycles. The molecular formula is C13H11N3O2. The standard InChI is InChI=1S/C13H11N3O2/c17-12-3-1-11(2-4-12)13(18)16-15-9-10-5-7-14-8-6-10/h1-9,17H,(H,16,18). The van der Waals surface area contributed by atoms with E-state index in [4.69, 9.17) is 5.11 Å². The van der Waals surface area contributed by atoms with Crippen LogP contribution in [0, 0.1) is 0 Å². The lowest BCUT2D eigenvalue weighted by molar-refractivity contribution is 0.0955. The molecule has 5 heteroatoms. The number of benzene rings is 1. The van der Waals surface area contributed by atoms with Gasteiger partial charge in [-0.05, 0) is 42.0 Å².